The molecule has 0 saturated carbocycles. The first-order valence-corrected chi connectivity index (χ1v) is 10.6. The lowest BCUT2D eigenvalue weighted by Crippen LogP contribution is -2.41. The Hall–Kier alpha value is -0.370. The molecule has 134 valence electrons. The van der Waals surface area contributed by atoms with Crippen LogP contribution in [0.2, 0.25) is 0 Å². The monoisotopic (exact) mass is 320 g/mol. The Kier molecular flexibility index (Phi) is 9.94. The molecule has 0 bridgehead atoms. The van der Waals surface area contributed by atoms with Crippen molar-refractivity contribution in [2.24, 2.45) is 4.99 Å². The van der Waals surface area contributed by atoms with Gasteiger partial charge in [-0.1, -0.05) is 70.6 Å². The highest BCUT2D eigenvalue weighted by atomic mass is 15.1. The molecule has 2 heteroatoms. The van der Waals surface area contributed by atoms with Crippen LogP contribution in [0, 0.1) is 0 Å². The Morgan fingerprint density at radius 1 is 0.696 bits per heavy atom. The zero-order valence-corrected chi connectivity index (χ0v) is 15.6. The molecule has 2 unspecified atom stereocenters. The molecule has 0 aromatic heterocycles. The molecule has 0 amide bonds. The standard InChI is InChI=1S/C21H40N2/c1-23-19-15-11-7-3-5-9-13-17-21(23)20-16-12-8-4-2-6-10-14-18-22-20/h18,20-21H,2-17,19H2,1H3/b22-18-. The molecule has 2 atom stereocenters. The molecule has 0 aromatic carbocycles. The molecule has 23 heavy (non-hydrogen) atoms. The van der Waals surface area contributed by atoms with E-state index in [0.717, 1.165) is 0 Å². The molecule has 2 nitrogen and oxygen atoms in total. The zero-order chi connectivity index (χ0) is 16.2. The molecular formula is C21H40N2. The smallest absolute Gasteiger partial charge is 0.0650 e. The Bertz CT molecular complexity index is 313. The molecule has 2 aliphatic rings. The highest BCUT2D eigenvalue weighted by molar-refractivity contribution is 5.57. The van der Waals surface area contributed by atoms with Crippen molar-refractivity contribution in [1.29, 1.82) is 0 Å². The molecule has 2 rings (SSSR count). The lowest BCUT2D eigenvalue weighted by atomic mass is 9.95. The molecule has 1 saturated heterocycles. The maximum Gasteiger partial charge on any atom is 0.0650 e. The first-order chi connectivity index (χ1) is 11.4. The molecule has 0 spiro atoms. The maximum absolute atomic E-state index is 5.08. The van der Waals surface area contributed by atoms with Gasteiger partial charge in [-0.15, -0.1) is 0 Å². The largest absolute Gasteiger partial charge is 0.301 e. The summed E-state index contributed by atoms with van der Waals surface area (Å²) >= 11 is 0. The van der Waals surface area contributed by atoms with E-state index in [1.165, 1.54) is 109 Å². The van der Waals surface area contributed by atoms with Crippen LogP contribution in [0.25, 0.3) is 0 Å². The number of likely N-dealkylation sites (N-methyl/N-ethyl adjacent to an activating group) is 1. The normalized spacial score (nSPS) is 32.4. The fraction of sp³-hybridized carbons (Fsp3) is 0.952. The van der Waals surface area contributed by atoms with E-state index < -0.39 is 0 Å². The average molecular weight is 321 g/mol. The second-order valence-corrected chi connectivity index (χ2v) is 7.91. The van der Waals surface area contributed by atoms with Crippen molar-refractivity contribution in [2.45, 2.75) is 115 Å². The summed E-state index contributed by atoms with van der Waals surface area (Å²) in [6.07, 6.45) is 24.5. The van der Waals surface area contributed by atoms with Crippen LogP contribution in [0.5, 0.6) is 0 Å². The number of aliphatic imine (C=N–C) groups is 1. The van der Waals surface area contributed by atoms with E-state index in [0.29, 0.717) is 12.1 Å². The third-order valence-electron chi connectivity index (χ3n) is 5.90. The second kappa shape index (κ2) is 12.1. The van der Waals surface area contributed by atoms with Crippen molar-refractivity contribution in [2.75, 3.05) is 13.6 Å². The Morgan fingerprint density at radius 3 is 2.00 bits per heavy atom. The van der Waals surface area contributed by atoms with E-state index in [1.807, 2.05) is 0 Å². The summed E-state index contributed by atoms with van der Waals surface area (Å²) in [6.45, 7) is 1.27. The third kappa shape index (κ3) is 7.83. The molecule has 1 fully saturated rings. The van der Waals surface area contributed by atoms with E-state index in [2.05, 4.69) is 18.2 Å². The summed E-state index contributed by atoms with van der Waals surface area (Å²) in [5.74, 6) is 0. The quantitative estimate of drug-likeness (QED) is 0.579. The first kappa shape index (κ1) is 19.0. The van der Waals surface area contributed by atoms with Gasteiger partial charge in [0.2, 0.25) is 0 Å². The van der Waals surface area contributed by atoms with Crippen molar-refractivity contribution in [3.8, 4) is 0 Å². The van der Waals surface area contributed by atoms with Crippen LogP contribution >= 0.6 is 0 Å². The Labute approximate surface area is 145 Å². The van der Waals surface area contributed by atoms with E-state index in [9.17, 15) is 0 Å². The third-order valence-corrected chi connectivity index (χ3v) is 5.90. The van der Waals surface area contributed by atoms with Crippen LogP contribution in [0.1, 0.15) is 103 Å². The van der Waals surface area contributed by atoms with Gasteiger partial charge in [0.1, 0.15) is 0 Å². The predicted octanol–water partition coefficient (Wildman–Crippen LogP) is 6.00. The molecule has 0 aliphatic carbocycles. The summed E-state index contributed by atoms with van der Waals surface area (Å²) < 4.78 is 0. The number of hydrogen-bond acceptors (Lipinski definition) is 2. The molecule has 2 heterocycles. The lowest BCUT2D eigenvalue weighted by Gasteiger charge is -2.33. The highest BCUT2D eigenvalue weighted by Gasteiger charge is 2.24. The highest BCUT2D eigenvalue weighted by Crippen LogP contribution is 2.23. The summed E-state index contributed by atoms with van der Waals surface area (Å²) in [5, 5.41) is 0. The summed E-state index contributed by atoms with van der Waals surface area (Å²) in [5.41, 5.74) is 0. The van der Waals surface area contributed by atoms with E-state index in [-0.39, 0.29) is 0 Å². The average Bonchev–Trinajstić information content (AvgIpc) is 2.64. The van der Waals surface area contributed by atoms with Crippen molar-refractivity contribution in [3.63, 3.8) is 0 Å². The van der Waals surface area contributed by atoms with Crippen LogP contribution in [0.15, 0.2) is 4.99 Å². The lowest BCUT2D eigenvalue weighted by molar-refractivity contribution is 0.188. The van der Waals surface area contributed by atoms with Crippen LogP contribution in [0.4, 0.5) is 0 Å². The van der Waals surface area contributed by atoms with Gasteiger partial charge in [-0.05, 0) is 51.9 Å². The molecular weight excluding hydrogens is 280 g/mol. The summed E-state index contributed by atoms with van der Waals surface area (Å²) in [7, 11) is 2.36. The van der Waals surface area contributed by atoms with Gasteiger partial charge in [0, 0.05) is 6.04 Å². The topological polar surface area (TPSA) is 15.6 Å². The van der Waals surface area contributed by atoms with Crippen LogP contribution < -0.4 is 0 Å². The molecule has 0 N–H and O–H groups in total. The van der Waals surface area contributed by atoms with Gasteiger partial charge < -0.3 is 4.90 Å². The first-order valence-electron chi connectivity index (χ1n) is 10.6. The Balaban J connectivity index is 1.97. The van der Waals surface area contributed by atoms with Gasteiger partial charge in [-0.3, -0.25) is 4.99 Å². The Morgan fingerprint density at radius 2 is 1.26 bits per heavy atom. The van der Waals surface area contributed by atoms with E-state index in [4.69, 9.17) is 4.99 Å². The fourth-order valence-corrected chi connectivity index (χ4v) is 4.34. The van der Waals surface area contributed by atoms with Crippen LogP contribution in [-0.4, -0.2) is 36.8 Å². The molecule has 2 aliphatic heterocycles. The van der Waals surface area contributed by atoms with Gasteiger partial charge in [0.25, 0.3) is 0 Å². The minimum Gasteiger partial charge on any atom is -0.301 e. The zero-order valence-electron chi connectivity index (χ0n) is 15.6. The number of hydrogen-bond donors (Lipinski definition) is 0. The predicted molar refractivity (Wildman–Crippen MR) is 103 cm³/mol. The van der Waals surface area contributed by atoms with Gasteiger partial charge in [0.05, 0.1) is 6.04 Å². The van der Waals surface area contributed by atoms with Gasteiger partial charge in [-0.25, -0.2) is 0 Å². The van der Waals surface area contributed by atoms with Crippen molar-refractivity contribution < 1.29 is 0 Å². The van der Waals surface area contributed by atoms with Gasteiger partial charge >= 0.3 is 0 Å². The number of nitrogens with zero attached hydrogens (tertiary/aromatic N) is 2. The van der Waals surface area contributed by atoms with Gasteiger partial charge in [0.15, 0.2) is 0 Å². The SMILES string of the molecule is CN1CCCCCCCCCC1C1CCCCCCCC/C=N\1. The van der Waals surface area contributed by atoms with Crippen LogP contribution in [-0.2, 0) is 0 Å². The van der Waals surface area contributed by atoms with E-state index in [1.54, 1.807) is 0 Å². The van der Waals surface area contributed by atoms with Crippen LogP contribution in [0.3, 0.4) is 0 Å². The van der Waals surface area contributed by atoms with Crippen molar-refractivity contribution >= 4 is 6.21 Å². The molecule has 0 radical (unpaired) electrons. The molecule has 0 aromatic rings. The number of rotatable bonds is 1. The van der Waals surface area contributed by atoms with Crippen molar-refractivity contribution in [1.82, 2.24) is 4.90 Å². The minimum absolute atomic E-state index is 0.554. The van der Waals surface area contributed by atoms with Crippen molar-refractivity contribution in [3.05, 3.63) is 0 Å². The van der Waals surface area contributed by atoms with Gasteiger partial charge in [-0.2, -0.15) is 0 Å². The summed E-state index contributed by atoms with van der Waals surface area (Å²) in [6, 6.07) is 1.24. The summed E-state index contributed by atoms with van der Waals surface area (Å²) in [4.78, 5) is 7.74. The fourth-order valence-electron chi connectivity index (χ4n) is 4.34. The second-order valence-electron chi connectivity index (χ2n) is 7.91. The maximum atomic E-state index is 5.08. The van der Waals surface area contributed by atoms with E-state index >= 15 is 0 Å². The minimum atomic E-state index is 0.554.